The van der Waals surface area contributed by atoms with Crippen LogP contribution in [0.2, 0.25) is 0 Å². The standard InChI is InChI=1S/C10H19N2.BF4/c1-10(2)5-4-6-12-8-7-11(3)9-12;2-1(3,4)5/h7-10H,4-6H2,1-3H3;/q+1;-1. The quantitative estimate of drug-likeness (QED) is 0.443. The monoisotopic (exact) mass is 254 g/mol. The minimum absolute atomic E-state index is 0.828. The van der Waals surface area contributed by atoms with Crippen molar-refractivity contribution in [3.63, 3.8) is 0 Å². The molecule has 0 aliphatic carbocycles. The molecule has 0 aliphatic rings. The lowest BCUT2D eigenvalue weighted by Gasteiger charge is -2.01. The molecule has 0 saturated heterocycles. The van der Waals surface area contributed by atoms with Crippen LogP contribution in [0.25, 0.3) is 0 Å². The van der Waals surface area contributed by atoms with E-state index in [0.717, 1.165) is 12.5 Å². The first-order chi connectivity index (χ1) is 7.68. The maximum Gasteiger partial charge on any atom is 0.673 e. The Morgan fingerprint density at radius 1 is 1.24 bits per heavy atom. The van der Waals surface area contributed by atoms with Gasteiger partial charge in [-0.2, -0.15) is 0 Å². The maximum absolute atomic E-state index is 9.75. The molecule has 2 nitrogen and oxygen atoms in total. The van der Waals surface area contributed by atoms with Gasteiger partial charge < -0.3 is 17.3 Å². The lowest BCUT2D eigenvalue weighted by molar-refractivity contribution is -0.671. The third-order valence-corrected chi connectivity index (χ3v) is 2.02. The molecule has 7 heteroatoms. The predicted molar refractivity (Wildman–Crippen MR) is 59.9 cm³/mol. The van der Waals surface area contributed by atoms with E-state index in [1.54, 1.807) is 0 Å². The number of halogens is 4. The Morgan fingerprint density at radius 3 is 2.12 bits per heavy atom. The Morgan fingerprint density at radius 2 is 1.76 bits per heavy atom. The summed E-state index contributed by atoms with van der Waals surface area (Å²) in [6.07, 6.45) is 8.93. The topological polar surface area (TPSA) is 8.81 Å². The summed E-state index contributed by atoms with van der Waals surface area (Å²) >= 11 is 0. The summed E-state index contributed by atoms with van der Waals surface area (Å²) in [5.74, 6) is 0.828. The van der Waals surface area contributed by atoms with Crippen LogP contribution in [-0.2, 0) is 13.6 Å². The highest BCUT2D eigenvalue weighted by atomic mass is 19.5. The Kier molecular flexibility index (Phi) is 6.91. The SMILES string of the molecule is CC(C)CCCn1cc[n+](C)c1.F[B-](F)(F)F. The van der Waals surface area contributed by atoms with Gasteiger partial charge in [-0.05, 0) is 18.8 Å². The zero-order valence-corrected chi connectivity index (χ0v) is 10.4. The van der Waals surface area contributed by atoms with Crippen LogP contribution in [0.1, 0.15) is 26.7 Å². The van der Waals surface area contributed by atoms with Crippen molar-refractivity contribution in [2.75, 3.05) is 0 Å². The van der Waals surface area contributed by atoms with Crippen molar-refractivity contribution in [1.29, 1.82) is 0 Å². The fourth-order valence-electron chi connectivity index (χ4n) is 1.32. The molecule has 0 amide bonds. The maximum atomic E-state index is 9.75. The lowest BCUT2D eigenvalue weighted by Crippen LogP contribution is -2.23. The molecule has 17 heavy (non-hydrogen) atoms. The molecule has 0 radical (unpaired) electrons. The molecule has 0 saturated carbocycles. The van der Waals surface area contributed by atoms with Gasteiger partial charge in [-0.15, -0.1) is 0 Å². The van der Waals surface area contributed by atoms with Crippen molar-refractivity contribution in [2.45, 2.75) is 33.2 Å². The van der Waals surface area contributed by atoms with Crippen LogP contribution in [0.4, 0.5) is 17.3 Å². The molecule has 0 fully saturated rings. The Labute approximate surface area is 99.4 Å². The molecule has 0 unspecified atom stereocenters. The fourth-order valence-corrected chi connectivity index (χ4v) is 1.32. The normalized spacial score (nSPS) is 11.3. The van der Waals surface area contributed by atoms with Gasteiger partial charge in [0.25, 0.3) is 0 Å². The van der Waals surface area contributed by atoms with Gasteiger partial charge in [-0.25, -0.2) is 9.13 Å². The number of aryl methyl sites for hydroxylation is 2. The first-order valence-corrected chi connectivity index (χ1v) is 5.57. The third kappa shape index (κ3) is 12.9. The molecular formula is C10H19BF4N2. The van der Waals surface area contributed by atoms with Crippen LogP contribution in [0.5, 0.6) is 0 Å². The van der Waals surface area contributed by atoms with Crippen molar-refractivity contribution in [1.82, 2.24) is 4.57 Å². The molecule has 0 atom stereocenters. The van der Waals surface area contributed by atoms with Crippen LogP contribution in [0, 0.1) is 5.92 Å². The third-order valence-electron chi connectivity index (χ3n) is 2.02. The molecule has 1 rings (SSSR count). The van der Waals surface area contributed by atoms with Crippen molar-refractivity contribution in [3.05, 3.63) is 18.7 Å². The highest BCUT2D eigenvalue weighted by molar-refractivity contribution is 6.50. The number of aromatic nitrogens is 2. The largest absolute Gasteiger partial charge is 0.673 e. The van der Waals surface area contributed by atoms with Crippen molar-refractivity contribution in [3.8, 4) is 0 Å². The molecule has 0 spiro atoms. The Hall–Kier alpha value is -1.01. The van der Waals surface area contributed by atoms with E-state index in [1.807, 2.05) is 0 Å². The molecule has 0 N–H and O–H groups in total. The smallest absolute Gasteiger partial charge is 0.418 e. The average molecular weight is 254 g/mol. The van der Waals surface area contributed by atoms with Crippen molar-refractivity contribution < 1.29 is 21.8 Å². The molecule has 0 bridgehead atoms. The van der Waals surface area contributed by atoms with Gasteiger partial charge >= 0.3 is 7.25 Å². The highest BCUT2D eigenvalue weighted by Gasteiger charge is 2.20. The van der Waals surface area contributed by atoms with Gasteiger partial charge in [0.2, 0.25) is 6.33 Å². The van der Waals surface area contributed by atoms with E-state index >= 15 is 0 Å². The van der Waals surface area contributed by atoms with E-state index in [9.17, 15) is 17.3 Å². The summed E-state index contributed by atoms with van der Waals surface area (Å²) in [6, 6.07) is 0. The van der Waals surface area contributed by atoms with Crippen LogP contribution >= 0.6 is 0 Å². The summed E-state index contributed by atoms with van der Waals surface area (Å²) in [5.41, 5.74) is 0. The van der Waals surface area contributed by atoms with Gasteiger partial charge in [0, 0.05) is 0 Å². The van der Waals surface area contributed by atoms with E-state index in [4.69, 9.17) is 0 Å². The zero-order valence-electron chi connectivity index (χ0n) is 10.4. The van der Waals surface area contributed by atoms with Crippen LogP contribution in [-0.4, -0.2) is 11.8 Å². The van der Waals surface area contributed by atoms with Gasteiger partial charge in [-0.1, -0.05) is 13.8 Å². The molecule has 0 aromatic carbocycles. The van der Waals surface area contributed by atoms with Gasteiger partial charge in [-0.3, -0.25) is 0 Å². The molecule has 1 aromatic heterocycles. The second-order valence-corrected chi connectivity index (χ2v) is 4.35. The Bertz CT molecular complexity index is 303. The summed E-state index contributed by atoms with van der Waals surface area (Å²) in [7, 11) is -3.95. The van der Waals surface area contributed by atoms with E-state index in [1.165, 1.54) is 12.8 Å². The average Bonchev–Trinajstić information content (AvgIpc) is 2.47. The molecular weight excluding hydrogens is 235 g/mol. The van der Waals surface area contributed by atoms with Gasteiger partial charge in [0.1, 0.15) is 12.4 Å². The van der Waals surface area contributed by atoms with E-state index in [2.05, 4.69) is 48.8 Å². The summed E-state index contributed by atoms with van der Waals surface area (Å²) in [5, 5.41) is 0. The molecule has 1 heterocycles. The van der Waals surface area contributed by atoms with Crippen molar-refractivity contribution >= 4 is 7.25 Å². The Balaban J connectivity index is 0.000000437. The second-order valence-electron chi connectivity index (χ2n) is 4.35. The minimum Gasteiger partial charge on any atom is -0.418 e. The predicted octanol–water partition coefficient (Wildman–Crippen LogP) is 3.05. The molecule has 1 aromatic rings. The van der Waals surface area contributed by atoms with E-state index in [0.29, 0.717) is 0 Å². The molecule has 100 valence electrons. The van der Waals surface area contributed by atoms with Crippen LogP contribution in [0.15, 0.2) is 18.7 Å². The second kappa shape index (κ2) is 7.35. The van der Waals surface area contributed by atoms with Gasteiger partial charge in [0.05, 0.1) is 13.6 Å². The first kappa shape index (κ1) is 16.0. The van der Waals surface area contributed by atoms with E-state index in [-0.39, 0.29) is 0 Å². The first-order valence-electron chi connectivity index (χ1n) is 5.57. The number of hydrogen-bond donors (Lipinski definition) is 0. The van der Waals surface area contributed by atoms with Crippen molar-refractivity contribution in [2.24, 2.45) is 13.0 Å². The summed E-state index contributed by atoms with van der Waals surface area (Å²) in [6.45, 7) is 5.70. The fraction of sp³-hybridized carbons (Fsp3) is 0.700. The summed E-state index contributed by atoms with van der Waals surface area (Å²) < 4.78 is 43.3. The lowest BCUT2D eigenvalue weighted by atomic mass is 10.1. The number of hydrogen-bond acceptors (Lipinski definition) is 0. The van der Waals surface area contributed by atoms with Gasteiger partial charge in [0.15, 0.2) is 0 Å². The van der Waals surface area contributed by atoms with Crippen LogP contribution in [0.3, 0.4) is 0 Å². The van der Waals surface area contributed by atoms with E-state index < -0.39 is 7.25 Å². The number of nitrogens with zero attached hydrogens (tertiary/aromatic N) is 2. The number of imidazole rings is 1. The summed E-state index contributed by atoms with van der Waals surface area (Å²) in [4.78, 5) is 0. The van der Waals surface area contributed by atoms with Crippen LogP contribution < -0.4 is 4.57 Å². The number of rotatable bonds is 4. The highest BCUT2D eigenvalue weighted by Crippen LogP contribution is 2.06. The molecule has 0 aliphatic heterocycles. The zero-order chi connectivity index (χ0) is 13.5. The minimum atomic E-state index is -6.00.